The lowest BCUT2D eigenvalue weighted by Gasteiger charge is -2.09. The second-order valence-corrected chi connectivity index (χ2v) is 3.68. The molecular weight excluding hydrogens is 284 g/mol. The number of hydrogen-bond acceptors (Lipinski definition) is 3. The molecule has 1 aromatic rings. The average molecular weight is 290 g/mol. The van der Waals surface area contributed by atoms with Crippen LogP contribution >= 0.6 is 15.9 Å². The number of ether oxygens (including phenoxy) is 1. The van der Waals surface area contributed by atoms with E-state index in [1.165, 1.54) is 19.1 Å². The van der Waals surface area contributed by atoms with E-state index in [4.69, 9.17) is 5.26 Å². The van der Waals surface area contributed by atoms with Gasteiger partial charge in [-0.15, -0.1) is 0 Å². The minimum Gasteiger partial charge on any atom is -0.434 e. The number of ketones is 1. The van der Waals surface area contributed by atoms with Crippen LogP contribution in [0.1, 0.15) is 22.8 Å². The van der Waals surface area contributed by atoms with Gasteiger partial charge in [-0.05, 0) is 35.0 Å². The van der Waals surface area contributed by atoms with Crippen LogP contribution in [0.15, 0.2) is 16.6 Å². The monoisotopic (exact) mass is 289 g/mol. The van der Waals surface area contributed by atoms with Crippen LogP contribution in [0.4, 0.5) is 8.78 Å². The molecule has 0 fully saturated rings. The first-order valence-corrected chi connectivity index (χ1v) is 4.94. The quantitative estimate of drug-likeness (QED) is 0.804. The Labute approximate surface area is 98.8 Å². The molecule has 0 aliphatic carbocycles. The number of carbonyl (C=O) groups excluding carboxylic acids is 1. The Morgan fingerprint density at radius 1 is 1.56 bits per heavy atom. The minimum atomic E-state index is -3.01. The molecule has 6 heteroatoms. The molecule has 1 rings (SSSR count). The van der Waals surface area contributed by atoms with E-state index >= 15 is 0 Å². The Hall–Kier alpha value is -1.48. The summed E-state index contributed by atoms with van der Waals surface area (Å²) >= 11 is 2.96. The predicted molar refractivity (Wildman–Crippen MR) is 55.5 cm³/mol. The van der Waals surface area contributed by atoms with E-state index in [0.29, 0.717) is 0 Å². The first-order valence-electron chi connectivity index (χ1n) is 4.15. The van der Waals surface area contributed by atoms with Crippen molar-refractivity contribution in [3.05, 3.63) is 27.7 Å². The molecule has 84 valence electrons. The molecule has 0 radical (unpaired) electrons. The van der Waals surface area contributed by atoms with Gasteiger partial charge < -0.3 is 4.74 Å². The highest BCUT2D eigenvalue weighted by Crippen LogP contribution is 2.31. The molecule has 3 nitrogen and oxygen atoms in total. The molecule has 0 bridgehead atoms. The van der Waals surface area contributed by atoms with Crippen molar-refractivity contribution >= 4 is 21.7 Å². The number of nitriles is 1. The second-order valence-electron chi connectivity index (χ2n) is 2.88. The van der Waals surface area contributed by atoms with Crippen LogP contribution in [0.5, 0.6) is 5.75 Å². The lowest BCUT2D eigenvalue weighted by Crippen LogP contribution is -2.05. The number of hydrogen-bond donors (Lipinski definition) is 0. The average Bonchev–Trinajstić information content (AvgIpc) is 2.20. The van der Waals surface area contributed by atoms with Crippen LogP contribution in [-0.4, -0.2) is 12.4 Å². The molecule has 0 saturated heterocycles. The fraction of sp³-hybridized carbons (Fsp3) is 0.200. The lowest BCUT2D eigenvalue weighted by molar-refractivity contribution is -0.0504. The summed E-state index contributed by atoms with van der Waals surface area (Å²) in [7, 11) is 0. The summed E-state index contributed by atoms with van der Waals surface area (Å²) in [5.41, 5.74) is 0.221. The molecule has 16 heavy (non-hydrogen) atoms. The van der Waals surface area contributed by atoms with E-state index in [1.54, 1.807) is 6.07 Å². The van der Waals surface area contributed by atoms with Gasteiger partial charge in [-0.25, -0.2) is 0 Å². The van der Waals surface area contributed by atoms with E-state index in [1.807, 2.05) is 0 Å². The molecule has 0 saturated carbocycles. The van der Waals surface area contributed by atoms with Crippen molar-refractivity contribution in [3.63, 3.8) is 0 Å². The highest BCUT2D eigenvalue weighted by molar-refractivity contribution is 9.10. The van der Waals surface area contributed by atoms with Gasteiger partial charge in [0.15, 0.2) is 5.78 Å². The van der Waals surface area contributed by atoms with Gasteiger partial charge in [-0.3, -0.25) is 4.79 Å². The Balaban J connectivity index is 3.31. The zero-order valence-electron chi connectivity index (χ0n) is 8.13. The summed E-state index contributed by atoms with van der Waals surface area (Å²) in [6, 6.07) is 4.26. The number of benzene rings is 1. The smallest absolute Gasteiger partial charge is 0.387 e. The summed E-state index contributed by atoms with van der Waals surface area (Å²) in [5, 5.41) is 8.75. The number of alkyl halides is 2. The zero-order chi connectivity index (χ0) is 12.3. The number of carbonyl (C=O) groups is 1. The third-order valence-electron chi connectivity index (χ3n) is 1.78. The first-order chi connectivity index (χ1) is 7.45. The van der Waals surface area contributed by atoms with Gasteiger partial charge in [0.2, 0.25) is 0 Å². The van der Waals surface area contributed by atoms with E-state index < -0.39 is 6.61 Å². The maximum Gasteiger partial charge on any atom is 0.387 e. The molecule has 0 aliphatic rings. The standard InChI is InChI=1S/C10H6BrF2NO2/c1-5(15)6-2-7(4-14)9(11)8(3-6)16-10(12)13/h2-3,10H,1H3. The predicted octanol–water partition coefficient (Wildman–Crippen LogP) is 3.12. The molecule has 0 unspecified atom stereocenters. The normalized spacial score (nSPS) is 10.0. The van der Waals surface area contributed by atoms with Crippen LogP contribution in [0.25, 0.3) is 0 Å². The largest absolute Gasteiger partial charge is 0.434 e. The molecule has 0 aromatic heterocycles. The van der Waals surface area contributed by atoms with Crippen molar-refractivity contribution in [1.29, 1.82) is 5.26 Å². The SMILES string of the molecule is CC(=O)c1cc(C#N)c(Br)c(OC(F)F)c1. The van der Waals surface area contributed by atoms with E-state index in [2.05, 4.69) is 20.7 Å². The summed E-state index contributed by atoms with van der Waals surface area (Å²) in [6.07, 6.45) is 0. The third kappa shape index (κ3) is 2.76. The van der Waals surface area contributed by atoms with Crippen LogP contribution in [-0.2, 0) is 0 Å². The van der Waals surface area contributed by atoms with Gasteiger partial charge in [0.25, 0.3) is 0 Å². The molecular formula is C10H6BrF2NO2. The molecule has 0 heterocycles. The van der Waals surface area contributed by atoms with Gasteiger partial charge in [-0.1, -0.05) is 0 Å². The number of halogens is 3. The van der Waals surface area contributed by atoms with Gasteiger partial charge in [0.05, 0.1) is 10.0 Å². The first kappa shape index (κ1) is 12.6. The summed E-state index contributed by atoms with van der Waals surface area (Å²) in [6.45, 7) is -1.73. The second kappa shape index (κ2) is 5.03. The molecule has 0 amide bonds. The van der Waals surface area contributed by atoms with Crippen molar-refractivity contribution in [2.24, 2.45) is 0 Å². The maximum atomic E-state index is 12.1. The summed E-state index contributed by atoms with van der Waals surface area (Å²) in [4.78, 5) is 11.1. The van der Waals surface area contributed by atoms with Crippen molar-refractivity contribution in [2.45, 2.75) is 13.5 Å². The van der Waals surface area contributed by atoms with Crippen molar-refractivity contribution < 1.29 is 18.3 Å². The number of nitrogens with zero attached hydrogens (tertiary/aromatic N) is 1. The highest BCUT2D eigenvalue weighted by Gasteiger charge is 2.15. The fourth-order valence-corrected chi connectivity index (χ4v) is 1.48. The van der Waals surface area contributed by atoms with Gasteiger partial charge in [0, 0.05) is 5.56 Å². The van der Waals surface area contributed by atoms with Crippen LogP contribution in [0.3, 0.4) is 0 Å². The molecule has 0 spiro atoms. The van der Waals surface area contributed by atoms with E-state index in [9.17, 15) is 13.6 Å². The van der Waals surface area contributed by atoms with E-state index in [0.717, 1.165) is 0 Å². The van der Waals surface area contributed by atoms with Crippen molar-refractivity contribution in [1.82, 2.24) is 0 Å². The Morgan fingerprint density at radius 3 is 2.62 bits per heavy atom. The van der Waals surface area contributed by atoms with E-state index in [-0.39, 0.29) is 27.1 Å². The van der Waals surface area contributed by atoms with Gasteiger partial charge in [-0.2, -0.15) is 14.0 Å². The van der Waals surface area contributed by atoms with Crippen LogP contribution < -0.4 is 4.74 Å². The van der Waals surface area contributed by atoms with Crippen molar-refractivity contribution in [3.8, 4) is 11.8 Å². The van der Waals surface area contributed by atoms with Gasteiger partial charge >= 0.3 is 6.61 Å². The number of Topliss-reactive ketones (excluding diaryl/α,β-unsaturated/α-hetero) is 1. The number of rotatable bonds is 3. The third-order valence-corrected chi connectivity index (χ3v) is 2.60. The van der Waals surface area contributed by atoms with Crippen molar-refractivity contribution in [2.75, 3.05) is 0 Å². The molecule has 1 aromatic carbocycles. The Kier molecular flexibility index (Phi) is 3.96. The topological polar surface area (TPSA) is 50.1 Å². The van der Waals surface area contributed by atoms with Crippen LogP contribution in [0, 0.1) is 11.3 Å². The fourth-order valence-electron chi connectivity index (χ4n) is 1.06. The molecule has 0 atom stereocenters. The molecule has 0 aliphatic heterocycles. The van der Waals surface area contributed by atoms with Crippen LogP contribution in [0.2, 0.25) is 0 Å². The highest BCUT2D eigenvalue weighted by atomic mass is 79.9. The lowest BCUT2D eigenvalue weighted by atomic mass is 10.1. The summed E-state index contributed by atoms with van der Waals surface area (Å²) in [5.74, 6) is -0.553. The maximum absolute atomic E-state index is 12.1. The summed E-state index contributed by atoms with van der Waals surface area (Å²) < 4.78 is 28.4. The molecule has 0 N–H and O–H groups in total. The Morgan fingerprint density at radius 2 is 2.19 bits per heavy atom. The Bertz CT molecular complexity index is 469. The zero-order valence-corrected chi connectivity index (χ0v) is 9.72. The van der Waals surface area contributed by atoms with Gasteiger partial charge in [0.1, 0.15) is 11.8 Å². The minimum absolute atomic E-state index is 0.0725.